The molecule has 1 amide bonds. The summed E-state index contributed by atoms with van der Waals surface area (Å²) in [4.78, 5) is 13.8. The maximum absolute atomic E-state index is 13.8. The minimum Gasteiger partial charge on any atom is -0.372 e. The molecule has 2 heterocycles. The Kier molecular flexibility index (Phi) is 6.65. The van der Waals surface area contributed by atoms with Gasteiger partial charge in [0.1, 0.15) is 5.82 Å². The highest BCUT2D eigenvalue weighted by Gasteiger charge is 2.31. The Morgan fingerprint density at radius 1 is 1.43 bits per heavy atom. The van der Waals surface area contributed by atoms with Crippen LogP contribution >= 0.6 is 24.0 Å². The number of rotatable bonds is 3. The summed E-state index contributed by atoms with van der Waals surface area (Å²) >= 11 is 5.76. The van der Waals surface area contributed by atoms with E-state index < -0.39 is 5.82 Å². The van der Waals surface area contributed by atoms with Crippen molar-refractivity contribution >= 4 is 29.9 Å². The van der Waals surface area contributed by atoms with Gasteiger partial charge in [-0.2, -0.15) is 0 Å². The number of carbonyl (C=O) groups excluding carboxylic acids is 1. The fraction of sp³-hybridized carbons (Fsp3) is 0.562. The first kappa shape index (κ1) is 18.5. The van der Waals surface area contributed by atoms with Crippen molar-refractivity contribution in [3.63, 3.8) is 0 Å². The maximum atomic E-state index is 13.8. The highest BCUT2D eigenvalue weighted by molar-refractivity contribution is 6.30. The molecule has 2 saturated heterocycles. The van der Waals surface area contributed by atoms with Gasteiger partial charge in [-0.25, -0.2) is 4.39 Å². The average Bonchev–Trinajstić information content (AvgIpc) is 2.76. The van der Waals surface area contributed by atoms with Gasteiger partial charge in [-0.3, -0.25) is 4.79 Å². The van der Waals surface area contributed by atoms with E-state index in [1.165, 1.54) is 6.07 Å². The molecule has 0 aliphatic carbocycles. The van der Waals surface area contributed by atoms with E-state index in [1.54, 1.807) is 12.1 Å². The van der Waals surface area contributed by atoms with Gasteiger partial charge in [0.25, 0.3) is 0 Å². The van der Waals surface area contributed by atoms with Gasteiger partial charge in [-0.1, -0.05) is 17.7 Å². The summed E-state index contributed by atoms with van der Waals surface area (Å²) in [7, 11) is 0. The molecule has 2 fully saturated rings. The van der Waals surface area contributed by atoms with Crippen LogP contribution in [0, 0.1) is 11.7 Å². The first-order valence-corrected chi connectivity index (χ1v) is 8.08. The summed E-state index contributed by atoms with van der Waals surface area (Å²) in [6.45, 7) is 3.52. The van der Waals surface area contributed by atoms with Crippen molar-refractivity contribution in [1.82, 2.24) is 10.2 Å². The number of amides is 1. The lowest BCUT2D eigenvalue weighted by Gasteiger charge is -2.29. The number of hydrogen-bond acceptors (Lipinski definition) is 3. The molecule has 1 aromatic carbocycles. The van der Waals surface area contributed by atoms with Crippen LogP contribution in [0.3, 0.4) is 0 Å². The summed E-state index contributed by atoms with van der Waals surface area (Å²) in [5.74, 6) is -0.133. The van der Waals surface area contributed by atoms with E-state index in [4.69, 9.17) is 16.3 Å². The van der Waals surface area contributed by atoms with Crippen LogP contribution in [0.1, 0.15) is 24.5 Å². The van der Waals surface area contributed by atoms with Crippen LogP contribution in [0.25, 0.3) is 0 Å². The van der Waals surface area contributed by atoms with E-state index in [1.807, 2.05) is 4.90 Å². The quantitative estimate of drug-likeness (QED) is 0.898. The normalized spacial score (nSPS) is 25.1. The number of nitrogens with one attached hydrogen (secondary N) is 1. The van der Waals surface area contributed by atoms with Gasteiger partial charge in [0.15, 0.2) is 0 Å². The van der Waals surface area contributed by atoms with E-state index in [0.29, 0.717) is 19.6 Å². The van der Waals surface area contributed by atoms with Gasteiger partial charge < -0.3 is 15.0 Å². The Morgan fingerprint density at radius 2 is 2.26 bits per heavy atom. The molecular weight excluding hydrogens is 342 g/mol. The second kappa shape index (κ2) is 8.29. The second-order valence-corrected chi connectivity index (χ2v) is 6.28. The molecule has 2 atom stereocenters. The summed E-state index contributed by atoms with van der Waals surface area (Å²) < 4.78 is 19.7. The van der Waals surface area contributed by atoms with Crippen molar-refractivity contribution in [2.45, 2.75) is 18.9 Å². The van der Waals surface area contributed by atoms with E-state index in [-0.39, 0.29) is 35.4 Å². The zero-order valence-corrected chi connectivity index (χ0v) is 14.3. The second-order valence-electron chi connectivity index (χ2n) is 5.87. The lowest BCUT2D eigenvalue weighted by molar-refractivity contribution is -0.128. The molecule has 0 spiro atoms. The smallest absolute Gasteiger partial charge is 0.222 e. The van der Waals surface area contributed by atoms with Crippen molar-refractivity contribution in [1.29, 1.82) is 0 Å². The molecule has 4 nitrogen and oxygen atoms in total. The molecule has 0 bridgehead atoms. The molecule has 2 aliphatic rings. The minimum absolute atomic E-state index is 0. The Hall–Kier alpha value is -0.880. The van der Waals surface area contributed by atoms with Gasteiger partial charge in [0.2, 0.25) is 5.91 Å². The van der Waals surface area contributed by atoms with Gasteiger partial charge in [0.05, 0.1) is 17.7 Å². The number of carbonyl (C=O) groups is 1. The fourth-order valence-corrected chi connectivity index (χ4v) is 3.30. The molecule has 0 aromatic heterocycles. The molecule has 23 heavy (non-hydrogen) atoms. The lowest BCUT2D eigenvalue weighted by atomic mass is 9.94. The van der Waals surface area contributed by atoms with Gasteiger partial charge in [-0.15, -0.1) is 12.4 Å². The molecule has 1 aromatic rings. The van der Waals surface area contributed by atoms with Gasteiger partial charge in [0, 0.05) is 38.5 Å². The third-order valence-corrected chi connectivity index (χ3v) is 4.62. The summed E-state index contributed by atoms with van der Waals surface area (Å²) in [5, 5.41) is 3.44. The third kappa shape index (κ3) is 4.35. The molecular formula is C16H21Cl2FN2O2. The van der Waals surface area contributed by atoms with Crippen molar-refractivity contribution < 1.29 is 13.9 Å². The minimum atomic E-state index is -0.434. The monoisotopic (exact) mass is 362 g/mol. The van der Waals surface area contributed by atoms with Crippen LogP contribution in [0.4, 0.5) is 4.39 Å². The largest absolute Gasteiger partial charge is 0.372 e. The Morgan fingerprint density at radius 3 is 2.96 bits per heavy atom. The van der Waals surface area contributed by atoms with Crippen LogP contribution in [0.15, 0.2) is 18.2 Å². The van der Waals surface area contributed by atoms with Crippen LogP contribution in [0.2, 0.25) is 5.02 Å². The molecule has 3 rings (SSSR count). The van der Waals surface area contributed by atoms with Crippen LogP contribution in [0.5, 0.6) is 0 Å². The number of halogens is 3. The Labute approximate surface area is 146 Å². The van der Waals surface area contributed by atoms with Crippen molar-refractivity contribution in [2.75, 3.05) is 32.8 Å². The molecule has 0 saturated carbocycles. The average molecular weight is 363 g/mol. The topological polar surface area (TPSA) is 41.6 Å². The molecule has 1 N–H and O–H groups in total. The van der Waals surface area contributed by atoms with E-state index >= 15 is 0 Å². The first-order valence-electron chi connectivity index (χ1n) is 7.70. The van der Waals surface area contributed by atoms with Crippen LogP contribution in [-0.2, 0) is 9.53 Å². The lowest BCUT2D eigenvalue weighted by Crippen LogP contribution is -2.37. The summed E-state index contributed by atoms with van der Waals surface area (Å²) in [6.07, 6.45) is 1.32. The highest BCUT2D eigenvalue weighted by atomic mass is 35.5. The van der Waals surface area contributed by atoms with E-state index in [2.05, 4.69) is 5.32 Å². The molecule has 0 unspecified atom stereocenters. The SMILES string of the molecule is Cl.O=C1CCCN1C[C@@H]1CNCCO[C@H]1c1ccc(Cl)c(F)c1. The zero-order chi connectivity index (χ0) is 15.5. The fourth-order valence-electron chi connectivity index (χ4n) is 3.19. The third-order valence-electron chi connectivity index (χ3n) is 4.31. The predicted molar refractivity (Wildman–Crippen MR) is 89.5 cm³/mol. The van der Waals surface area contributed by atoms with Crippen molar-refractivity contribution in [3.8, 4) is 0 Å². The number of ether oxygens (including phenoxy) is 1. The Bertz CT molecular complexity index is 559. The van der Waals surface area contributed by atoms with Gasteiger partial charge in [-0.05, 0) is 24.1 Å². The number of hydrogen-bond donors (Lipinski definition) is 1. The highest BCUT2D eigenvalue weighted by Crippen LogP contribution is 2.31. The molecule has 0 radical (unpaired) electrons. The van der Waals surface area contributed by atoms with Crippen LogP contribution < -0.4 is 5.32 Å². The summed E-state index contributed by atoms with van der Waals surface area (Å²) in [5.41, 5.74) is 0.780. The number of nitrogens with zero attached hydrogens (tertiary/aromatic N) is 1. The predicted octanol–water partition coefficient (Wildman–Crippen LogP) is 2.80. The number of benzene rings is 1. The molecule has 7 heteroatoms. The molecule has 128 valence electrons. The standard InChI is InChI=1S/C16H20ClFN2O2.ClH/c17-13-4-3-11(8-14(13)18)16-12(9-19-5-7-22-16)10-20-6-1-2-15(20)21;/h3-4,8,12,16,19H,1-2,5-7,9-10H2;1H/t12-,16-;/m0./s1. The van der Waals surface area contributed by atoms with E-state index in [9.17, 15) is 9.18 Å². The number of likely N-dealkylation sites (tertiary alicyclic amines) is 1. The first-order chi connectivity index (χ1) is 10.6. The Balaban J connectivity index is 0.00000192. The molecule has 2 aliphatic heterocycles. The van der Waals surface area contributed by atoms with E-state index in [0.717, 1.165) is 31.6 Å². The van der Waals surface area contributed by atoms with Crippen molar-refractivity contribution in [3.05, 3.63) is 34.6 Å². The summed E-state index contributed by atoms with van der Waals surface area (Å²) in [6, 6.07) is 4.81. The zero-order valence-electron chi connectivity index (χ0n) is 12.8. The van der Waals surface area contributed by atoms with Gasteiger partial charge >= 0.3 is 0 Å². The van der Waals surface area contributed by atoms with Crippen molar-refractivity contribution in [2.24, 2.45) is 5.92 Å². The van der Waals surface area contributed by atoms with Crippen LogP contribution in [-0.4, -0.2) is 43.6 Å². The maximum Gasteiger partial charge on any atom is 0.222 e.